The van der Waals surface area contributed by atoms with Gasteiger partial charge in [0.25, 0.3) is 0 Å². The Kier molecular flexibility index (Phi) is 4.06. The number of amides is 1. The average Bonchev–Trinajstić information content (AvgIpc) is 2.69. The Morgan fingerprint density at radius 3 is 3.14 bits per heavy atom. The van der Waals surface area contributed by atoms with E-state index in [4.69, 9.17) is 10.3 Å². The van der Waals surface area contributed by atoms with Crippen LogP contribution in [0, 0.1) is 0 Å². The van der Waals surface area contributed by atoms with Crippen molar-refractivity contribution in [3.05, 3.63) is 12.2 Å². The third-order valence-electron chi connectivity index (χ3n) is 1.82. The van der Waals surface area contributed by atoms with Gasteiger partial charge in [-0.15, -0.1) is 0 Å². The molecule has 0 bridgehead atoms. The van der Waals surface area contributed by atoms with Gasteiger partial charge in [0.05, 0.1) is 6.04 Å². The van der Waals surface area contributed by atoms with Crippen molar-refractivity contribution in [1.82, 2.24) is 15.5 Å². The smallest absolute Gasteiger partial charge is 0.236 e. The topological polar surface area (TPSA) is 94.0 Å². The minimum atomic E-state index is -0.433. The molecule has 0 aliphatic rings. The molecule has 78 valence electrons. The Hall–Kier alpha value is -1.43. The van der Waals surface area contributed by atoms with Crippen LogP contribution in [0.2, 0.25) is 0 Å². The van der Waals surface area contributed by atoms with Gasteiger partial charge in [0, 0.05) is 13.0 Å². The zero-order valence-corrected chi connectivity index (χ0v) is 8.06. The van der Waals surface area contributed by atoms with Gasteiger partial charge in [-0.3, -0.25) is 4.79 Å². The van der Waals surface area contributed by atoms with E-state index in [9.17, 15) is 4.79 Å². The molecule has 1 atom stereocenters. The summed E-state index contributed by atoms with van der Waals surface area (Å²) < 4.78 is 4.76. The summed E-state index contributed by atoms with van der Waals surface area (Å²) in [4.78, 5) is 15.0. The molecule has 0 aliphatic carbocycles. The van der Waals surface area contributed by atoms with Crippen molar-refractivity contribution in [3.63, 3.8) is 0 Å². The monoisotopic (exact) mass is 198 g/mol. The summed E-state index contributed by atoms with van der Waals surface area (Å²) in [5.74, 6) is 0.363. The molecule has 0 saturated carbocycles. The quantitative estimate of drug-likeness (QED) is 0.663. The van der Waals surface area contributed by atoms with Crippen molar-refractivity contribution in [1.29, 1.82) is 0 Å². The van der Waals surface area contributed by atoms with Gasteiger partial charge in [0.2, 0.25) is 11.8 Å². The van der Waals surface area contributed by atoms with Gasteiger partial charge < -0.3 is 15.6 Å². The lowest BCUT2D eigenvalue weighted by molar-refractivity contribution is -0.122. The summed E-state index contributed by atoms with van der Waals surface area (Å²) in [5.41, 5.74) is 5.51. The maximum absolute atomic E-state index is 11.2. The summed E-state index contributed by atoms with van der Waals surface area (Å²) in [7, 11) is 0. The van der Waals surface area contributed by atoms with Crippen LogP contribution >= 0.6 is 0 Å². The second kappa shape index (κ2) is 5.33. The highest BCUT2D eigenvalue weighted by Gasteiger charge is 2.09. The molecule has 14 heavy (non-hydrogen) atoms. The Balaban J connectivity index is 2.18. The summed E-state index contributed by atoms with van der Waals surface area (Å²) in [5, 5.41) is 6.13. The first kappa shape index (κ1) is 10.6. The van der Waals surface area contributed by atoms with Crippen LogP contribution in [0.5, 0.6) is 0 Å². The van der Waals surface area contributed by atoms with E-state index in [2.05, 4.69) is 15.5 Å². The number of hydrogen-bond donors (Lipinski definition) is 2. The average molecular weight is 198 g/mol. The SMILES string of the molecule is CCC(N)C(=O)NCCc1ncno1. The number of nitrogens with zero attached hydrogens (tertiary/aromatic N) is 2. The second-order valence-electron chi connectivity index (χ2n) is 2.89. The lowest BCUT2D eigenvalue weighted by Crippen LogP contribution is -2.40. The highest BCUT2D eigenvalue weighted by atomic mass is 16.5. The fourth-order valence-electron chi connectivity index (χ4n) is 0.915. The number of nitrogens with one attached hydrogen (secondary N) is 1. The number of carbonyl (C=O) groups excluding carboxylic acids is 1. The van der Waals surface area contributed by atoms with E-state index in [0.29, 0.717) is 25.3 Å². The van der Waals surface area contributed by atoms with E-state index in [1.54, 1.807) is 0 Å². The predicted molar refractivity (Wildman–Crippen MR) is 49.3 cm³/mol. The molecule has 1 heterocycles. The van der Waals surface area contributed by atoms with E-state index in [0.717, 1.165) is 0 Å². The first-order valence-corrected chi connectivity index (χ1v) is 4.53. The molecule has 6 nitrogen and oxygen atoms in total. The maximum atomic E-state index is 11.2. The molecule has 1 unspecified atom stereocenters. The highest BCUT2D eigenvalue weighted by Crippen LogP contribution is 1.91. The molecule has 1 aromatic heterocycles. The molecule has 0 radical (unpaired) electrons. The number of nitrogens with two attached hydrogens (primary N) is 1. The second-order valence-corrected chi connectivity index (χ2v) is 2.89. The van der Waals surface area contributed by atoms with Gasteiger partial charge in [0.1, 0.15) is 0 Å². The van der Waals surface area contributed by atoms with Crippen LogP contribution < -0.4 is 11.1 Å². The molecular formula is C8H14N4O2. The zero-order chi connectivity index (χ0) is 10.4. The van der Waals surface area contributed by atoms with Gasteiger partial charge in [-0.25, -0.2) is 0 Å². The van der Waals surface area contributed by atoms with Crippen LogP contribution in [0.15, 0.2) is 10.9 Å². The molecule has 0 aromatic carbocycles. The Bertz CT molecular complexity index is 273. The van der Waals surface area contributed by atoms with E-state index in [1.807, 2.05) is 6.92 Å². The van der Waals surface area contributed by atoms with Crippen molar-refractivity contribution in [2.75, 3.05) is 6.54 Å². The fourth-order valence-corrected chi connectivity index (χ4v) is 0.915. The third-order valence-corrected chi connectivity index (χ3v) is 1.82. The normalized spacial score (nSPS) is 12.4. The number of hydrogen-bond acceptors (Lipinski definition) is 5. The molecule has 1 aromatic rings. The lowest BCUT2D eigenvalue weighted by Gasteiger charge is -2.08. The van der Waals surface area contributed by atoms with Crippen LogP contribution in [-0.2, 0) is 11.2 Å². The highest BCUT2D eigenvalue weighted by molar-refractivity contribution is 5.81. The van der Waals surface area contributed by atoms with E-state index in [-0.39, 0.29) is 5.91 Å². The standard InChI is InChI=1S/C8H14N4O2/c1-2-6(9)8(13)10-4-3-7-11-5-12-14-7/h5-6H,2-4,9H2,1H3,(H,10,13). The Morgan fingerprint density at radius 1 is 1.79 bits per heavy atom. The van der Waals surface area contributed by atoms with Crippen LogP contribution in [0.3, 0.4) is 0 Å². The minimum Gasteiger partial charge on any atom is -0.354 e. The van der Waals surface area contributed by atoms with E-state index >= 15 is 0 Å². The van der Waals surface area contributed by atoms with Crippen molar-refractivity contribution >= 4 is 5.91 Å². The molecule has 0 saturated heterocycles. The van der Waals surface area contributed by atoms with Gasteiger partial charge >= 0.3 is 0 Å². The fraction of sp³-hybridized carbons (Fsp3) is 0.625. The van der Waals surface area contributed by atoms with Crippen molar-refractivity contribution in [2.24, 2.45) is 5.73 Å². The maximum Gasteiger partial charge on any atom is 0.236 e. The van der Waals surface area contributed by atoms with Crippen molar-refractivity contribution < 1.29 is 9.32 Å². The van der Waals surface area contributed by atoms with E-state index < -0.39 is 6.04 Å². The number of aromatic nitrogens is 2. The minimum absolute atomic E-state index is 0.146. The molecule has 0 aliphatic heterocycles. The van der Waals surface area contributed by atoms with Crippen LogP contribution in [0.4, 0.5) is 0 Å². The molecule has 1 amide bonds. The van der Waals surface area contributed by atoms with Crippen molar-refractivity contribution in [2.45, 2.75) is 25.8 Å². The molecule has 1 rings (SSSR count). The van der Waals surface area contributed by atoms with Gasteiger partial charge in [-0.2, -0.15) is 4.98 Å². The largest absolute Gasteiger partial charge is 0.354 e. The van der Waals surface area contributed by atoms with E-state index in [1.165, 1.54) is 6.33 Å². The Morgan fingerprint density at radius 2 is 2.57 bits per heavy atom. The van der Waals surface area contributed by atoms with Crippen LogP contribution in [0.1, 0.15) is 19.2 Å². The number of rotatable bonds is 5. The zero-order valence-electron chi connectivity index (χ0n) is 8.06. The third kappa shape index (κ3) is 3.14. The van der Waals surface area contributed by atoms with Gasteiger partial charge in [0.15, 0.2) is 6.33 Å². The predicted octanol–water partition coefficient (Wildman–Crippen LogP) is -0.534. The molecular weight excluding hydrogens is 184 g/mol. The molecule has 0 spiro atoms. The summed E-state index contributed by atoms with van der Waals surface area (Å²) >= 11 is 0. The summed E-state index contributed by atoms with van der Waals surface area (Å²) in [6, 6.07) is -0.433. The van der Waals surface area contributed by atoms with Gasteiger partial charge in [-0.05, 0) is 6.42 Å². The molecule has 0 fully saturated rings. The summed E-state index contributed by atoms with van der Waals surface area (Å²) in [6.07, 6.45) is 2.49. The first-order chi connectivity index (χ1) is 6.74. The summed E-state index contributed by atoms with van der Waals surface area (Å²) in [6.45, 7) is 2.33. The lowest BCUT2D eigenvalue weighted by atomic mass is 10.2. The molecule has 3 N–H and O–H groups in total. The molecule has 6 heteroatoms. The Labute approximate surface area is 81.9 Å². The van der Waals surface area contributed by atoms with Crippen LogP contribution in [-0.4, -0.2) is 28.6 Å². The number of carbonyl (C=O) groups is 1. The van der Waals surface area contributed by atoms with Crippen LogP contribution in [0.25, 0.3) is 0 Å². The van der Waals surface area contributed by atoms with Gasteiger partial charge in [-0.1, -0.05) is 12.1 Å². The first-order valence-electron chi connectivity index (χ1n) is 4.53. The van der Waals surface area contributed by atoms with Crippen molar-refractivity contribution in [3.8, 4) is 0 Å².